The maximum atomic E-state index is 10.0. The van der Waals surface area contributed by atoms with Crippen molar-refractivity contribution in [3.63, 3.8) is 0 Å². The first-order valence-corrected chi connectivity index (χ1v) is 6.37. The van der Waals surface area contributed by atoms with Crippen molar-refractivity contribution in [3.8, 4) is 0 Å². The molecule has 1 rings (SSSR count). The number of aliphatic hydroxyl groups excluding tert-OH is 1. The second-order valence-electron chi connectivity index (χ2n) is 4.54. The lowest BCUT2D eigenvalue weighted by atomic mass is 9.96. The van der Waals surface area contributed by atoms with Gasteiger partial charge in [-0.1, -0.05) is 32.8 Å². The van der Waals surface area contributed by atoms with E-state index in [0.29, 0.717) is 12.5 Å². The Hall–Kier alpha value is -1.22. The van der Waals surface area contributed by atoms with Crippen LogP contribution in [0.5, 0.6) is 0 Å². The van der Waals surface area contributed by atoms with Crippen LogP contribution in [0.25, 0.3) is 0 Å². The average molecular weight is 236 g/mol. The highest BCUT2D eigenvalue weighted by Gasteiger charge is 2.15. The van der Waals surface area contributed by atoms with E-state index in [0.717, 1.165) is 29.8 Å². The zero-order chi connectivity index (χ0) is 12.8. The van der Waals surface area contributed by atoms with Gasteiger partial charge in [0.15, 0.2) is 0 Å². The molecule has 0 aliphatic rings. The van der Waals surface area contributed by atoms with Gasteiger partial charge in [-0.3, -0.25) is 0 Å². The van der Waals surface area contributed by atoms with E-state index in [1.54, 1.807) is 0 Å². The molecular weight excluding hydrogens is 212 g/mol. The zero-order valence-corrected chi connectivity index (χ0v) is 11.0. The molecule has 0 aromatic heterocycles. The Kier molecular flexibility index (Phi) is 5.29. The van der Waals surface area contributed by atoms with Gasteiger partial charge in [-0.2, -0.15) is 0 Å². The van der Waals surface area contributed by atoms with Gasteiger partial charge in [0.1, 0.15) is 0 Å². The standard InChI is InChI=1S/C14H24N2O/c1-4-11(5-2)14(17)9-16-13-8-6-7-12(15)10(13)3/h6-8,11,14,16-17H,4-5,9,15H2,1-3H3. The SMILES string of the molecule is CCC(CC)C(O)CNc1cccc(N)c1C. The fourth-order valence-corrected chi connectivity index (χ4v) is 2.06. The zero-order valence-electron chi connectivity index (χ0n) is 11.0. The smallest absolute Gasteiger partial charge is 0.0740 e. The molecule has 3 heteroatoms. The van der Waals surface area contributed by atoms with Crippen LogP contribution in [0.1, 0.15) is 32.3 Å². The Bertz CT molecular complexity index is 348. The fourth-order valence-electron chi connectivity index (χ4n) is 2.06. The summed E-state index contributed by atoms with van der Waals surface area (Å²) in [6, 6.07) is 5.80. The van der Waals surface area contributed by atoms with Gasteiger partial charge in [-0.15, -0.1) is 0 Å². The van der Waals surface area contributed by atoms with Crippen molar-refractivity contribution in [2.24, 2.45) is 5.92 Å². The van der Waals surface area contributed by atoms with Crippen LogP contribution in [0.15, 0.2) is 18.2 Å². The number of benzene rings is 1. The van der Waals surface area contributed by atoms with Crippen molar-refractivity contribution in [1.82, 2.24) is 0 Å². The molecular formula is C14H24N2O. The number of aliphatic hydroxyl groups is 1. The summed E-state index contributed by atoms with van der Waals surface area (Å²) in [7, 11) is 0. The van der Waals surface area contributed by atoms with E-state index >= 15 is 0 Å². The van der Waals surface area contributed by atoms with Crippen LogP contribution in [0.2, 0.25) is 0 Å². The third-order valence-corrected chi connectivity index (χ3v) is 3.47. The molecule has 0 heterocycles. The van der Waals surface area contributed by atoms with Crippen LogP contribution in [-0.4, -0.2) is 17.8 Å². The maximum absolute atomic E-state index is 10.0. The molecule has 1 aromatic carbocycles. The minimum absolute atomic E-state index is 0.300. The Morgan fingerprint density at radius 3 is 2.53 bits per heavy atom. The van der Waals surface area contributed by atoms with Crippen LogP contribution in [0, 0.1) is 12.8 Å². The summed E-state index contributed by atoms with van der Waals surface area (Å²) < 4.78 is 0. The van der Waals surface area contributed by atoms with E-state index < -0.39 is 0 Å². The van der Waals surface area contributed by atoms with E-state index in [4.69, 9.17) is 5.73 Å². The summed E-state index contributed by atoms with van der Waals surface area (Å²) in [5.74, 6) is 0.365. The highest BCUT2D eigenvalue weighted by molar-refractivity contribution is 5.62. The first-order valence-electron chi connectivity index (χ1n) is 6.37. The number of hydrogen-bond donors (Lipinski definition) is 3. The molecule has 4 N–H and O–H groups in total. The molecule has 0 bridgehead atoms. The average Bonchev–Trinajstić information content (AvgIpc) is 2.32. The van der Waals surface area contributed by atoms with Crippen molar-refractivity contribution < 1.29 is 5.11 Å². The molecule has 0 fully saturated rings. The van der Waals surface area contributed by atoms with E-state index in [1.807, 2.05) is 25.1 Å². The molecule has 1 aromatic rings. The first-order chi connectivity index (χ1) is 8.10. The molecule has 0 amide bonds. The Balaban J connectivity index is 2.58. The van der Waals surface area contributed by atoms with Crippen LogP contribution >= 0.6 is 0 Å². The van der Waals surface area contributed by atoms with E-state index in [9.17, 15) is 5.11 Å². The van der Waals surface area contributed by atoms with Crippen LogP contribution < -0.4 is 11.1 Å². The van der Waals surface area contributed by atoms with Gasteiger partial charge in [0.05, 0.1) is 6.10 Å². The molecule has 1 atom stereocenters. The minimum atomic E-state index is -0.300. The predicted octanol–water partition coefficient (Wildman–Crippen LogP) is 2.79. The van der Waals surface area contributed by atoms with E-state index in [-0.39, 0.29) is 6.10 Å². The molecule has 0 radical (unpaired) electrons. The van der Waals surface area contributed by atoms with Crippen molar-refractivity contribution in [2.45, 2.75) is 39.7 Å². The monoisotopic (exact) mass is 236 g/mol. The highest BCUT2D eigenvalue weighted by atomic mass is 16.3. The third-order valence-electron chi connectivity index (χ3n) is 3.47. The minimum Gasteiger partial charge on any atom is -0.398 e. The number of hydrogen-bond acceptors (Lipinski definition) is 3. The normalized spacial score (nSPS) is 12.8. The quantitative estimate of drug-likeness (QED) is 0.666. The highest BCUT2D eigenvalue weighted by Crippen LogP contribution is 2.21. The van der Waals surface area contributed by atoms with Gasteiger partial charge >= 0.3 is 0 Å². The Morgan fingerprint density at radius 2 is 1.94 bits per heavy atom. The number of anilines is 2. The second kappa shape index (κ2) is 6.50. The topological polar surface area (TPSA) is 58.3 Å². The van der Waals surface area contributed by atoms with Crippen molar-refractivity contribution in [2.75, 3.05) is 17.6 Å². The summed E-state index contributed by atoms with van der Waals surface area (Å²) in [6.45, 7) is 6.80. The van der Waals surface area contributed by atoms with Crippen LogP contribution in [0.3, 0.4) is 0 Å². The summed E-state index contributed by atoms with van der Waals surface area (Å²) in [4.78, 5) is 0. The van der Waals surface area contributed by atoms with Crippen molar-refractivity contribution in [1.29, 1.82) is 0 Å². The van der Waals surface area contributed by atoms with Crippen molar-refractivity contribution in [3.05, 3.63) is 23.8 Å². The van der Waals surface area contributed by atoms with Crippen LogP contribution in [0.4, 0.5) is 11.4 Å². The van der Waals surface area contributed by atoms with Gasteiger partial charge in [0, 0.05) is 17.9 Å². The lowest BCUT2D eigenvalue weighted by Gasteiger charge is -2.21. The molecule has 96 valence electrons. The predicted molar refractivity (Wildman–Crippen MR) is 74.2 cm³/mol. The molecule has 3 nitrogen and oxygen atoms in total. The molecule has 0 spiro atoms. The molecule has 0 saturated carbocycles. The van der Waals surface area contributed by atoms with Gasteiger partial charge in [0.2, 0.25) is 0 Å². The summed E-state index contributed by atoms with van der Waals surface area (Å²) in [6.07, 6.45) is 1.72. The van der Waals surface area contributed by atoms with Gasteiger partial charge in [0.25, 0.3) is 0 Å². The van der Waals surface area contributed by atoms with E-state index in [1.165, 1.54) is 0 Å². The van der Waals surface area contributed by atoms with E-state index in [2.05, 4.69) is 19.2 Å². The lowest BCUT2D eigenvalue weighted by molar-refractivity contribution is 0.114. The molecule has 0 aliphatic heterocycles. The summed E-state index contributed by atoms with van der Waals surface area (Å²) in [5, 5.41) is 13.3. The van der Waals surface area contributed by atoms with Gasteiger partial charge < -0.3 is 16.2 Å². The van der Waals surface area contributed by atoms with Gasteiger partial charge in [-0.05, 0) is 30.5 Å². The Labute approximate surface area is 104 Å². The second-order valence-corrected chi connectivity index (χ2v) is 4.54. The fraction of sp³-hybridized carbons (Fsp3) is 0.571. The number of nitrogens with two attached hydrogens (primary N) is 1. The summed E-state index contributed by atoms with van der Waals surface area (Å²) in [5.41, 5.74) is 8.68. The summed E-state index contributed by atoms with van der Waals surface area (Å²) >= 11 is 0. The third kappa shape index (κ3) is 3.63. The number of nitrogen functional groups attached to an aromatic ring is 1. The largest absolute Gasteiger partial charge is 0.398 e. The Morgan fingerprint density at radius 1 is 1.29 bits per heavy atom. The molecule has 17 heavy (non-hydrogen) atoms. The van der Waals surface area contributed by atoms with Gasteiger partial charge in [-0.25, -0.2) is 0 Å². The lowest BCUT2D eigenvalue weighted by Crippen LogP contribution is -2.27. The molecule has 0 saturated heterocycles. The maximum Gasteiger partial charge on any atom is 0.0740 e. The molecule has 0 aliphatic carbocycles. The van der Waals surface area contributed by atoms with Crippen LogP contribution in [-0.2, 0) is 0 Å². The molecule has 1 unspecified atom stereocenters. The van der Waals surface area contributed by atoms with Crippen molar-refractivity contribution >= 4 is 11.4 Å². The number of nitrogens with one attached hydrogen (secondary N) is 1. The number of rotatable bonds is 6. The first kappa shape index (κ1) is 13.8.